The van der Waals surface area contributed by atoms with Crippen LogP contribution in [0.15, 0.2) is 60.7 Å². The topological polar surface area (TPSA) is 0 Å². The van der Waals surface area contributed by atoms with Crippen molar-refractivity contribution in [3.8, 4) is 0 Å². The highest BCUT2D eigenvalue weighted by molar-refractivity contribution is 9.24. The first-order chi connectivity index (χ1) is 8.77. The van der Waals surface area contributed by atoms with E-state index in [9.17, 15) is 0 Å². The molecule has 0 heterocycles. The largest absolute Gasteiger partial charge is 0.0765 e. The molecule has 2 aromatic rings. The monoisotopic (exact) mass is 366 g/mol. The van der Waals surface area contributed by atoms with Crippen LogP contribution >= 0.6 is 31.9 Å². The van der Waals surface area contributed by atoms with Crippen molar-refractivity contribution in [2.24, 2.45) is 0 Å². The molecule has 0 atom stereocenters. The van der Waals surface area contributed by atoms with Crippen molar-refractivity contribution in [3.63, 3.8) is 0 Å². The lowest BCUT2D eigenvalue weighted by Gasteiger charge is -2.18. The van der Waals surface area contributed by atoms with Gasteiger partial charge >= 0.3 is 0 Å². The first kappa shape index (κ1) is 13.8. The van der Waals surface area contributed by atoms with Crippen LogP contribution in [0.1, 0.15) is 29.9 Å². The van der Waals surface area contributed by atoms with Gasteiger partial charge < -0.3 is 0 Å². The Morgan fingerprint density at radius 2 is 1.11 bits per heavy atom. The smallest absolute Gasteiger partial charge is 0.0698 e. The summed E-state index contributed by atoms with van der Waals surface area (Å²) in [4.78, 5) is 0. The summed E-state index contributed by atoms with van der Waals surface area (Å²) in [5.41, 5.74) is 2.79. The molecule has 0 fully saturated rings. The maximum Gasteiger partial charge on any atom is 0.0698 e. The van der Waals surface area contributed by atoms with E-state index in [2.05, 4.69) is 92.5 Å². The molecule has 0 aliphatic carbocycles. The van der Waals surface area contributed by atoms with Crippen LogP contribution in [0.4, 0.5) is 0 Å². The van der Waals surface area contributed by atoms with Crippen LogP contribution < -0.4 is 0 Å². The third-order valence-corrected chi connectivity index (χ3v) is 3.99. The third-order valence-electron chi connectivity index (χ3n) is 3.08. The average molecular weight is 368 g/mol. The van der Waals surface area contributed by atoms with Crippen molar-refractivity contribution in [1.29, 1.82) is 0 Å². The van der Waals surface area contributed by atoms with Crippen molar-refractivity contribution < 1.29 is 0 Å². The summed E-state index contributed by atoms with van der Waals surface area (Å²) in [6, 6.07) is 21.5. The van der Waals surface area contributed by atoms with Crippen LogP contribution in [-0.2, 0) is 0 Å². The zero-order valence-electron chi connectivity index (χ0n) is 10.1. The molecule has 2 aromatic carbocycles. The number of hydrogen-bond donors (Lipinski definition) is 0. The van der Waals surface area contributed by atoms with Crippen LogP contribution in [0.25, 0.3) is 0 Å². The Morgan fingerprint density at radius 3 is 1.50 bits per heavy atom. The molecule has 0 amide bonds. The van der Waals surface area contributed by atoms with E-state index in [1.807, 2.05) is 0 Å². The Labute approximate surface area is 126 Å². The number of hydrogen-bond acceptors (Lipinski definition) is 0. The van der Waals surface area contributed by atoms with Crippen molar-refractivity contribution in [2.45, 2.75) is 22.5 Å². The molecule has 0 N–H and O–H groups in total. The van der Waals surface area contributed by atoms with E-state index in [1.165, 1.54) is 11.1 Å². The lowest BCUT2D eigenvalue weighted by molar-refractivity contribution is 0.697. The van der Waals surface area contributed by atoms with Crippen LogP contribution in [0.5, 0.6) is 0 Å². The van der Waals surface area contributed by atoms with Crippen molar-refractivity contribution in [3.05, 3.63) is 71.8 Å². The summed E-state index contributed by atoms with van der Waals surface area (Å²) in [7, 11) is 0. The fourth-order valence-corrected chi connectivity index (χ4v) is 2.72. The van der Waals surface area contributed by atoms with Gasteiger partial charge in [-0.3, -0.25) is 0 Å². The number of halogens is 2. The highest BCUT2D eigenvalue weighted by Gasteiger charge is 2.14. The second kappa shape index (κ2) is 7.10. The summed E-state index contributed by atoms with van der Waals surface area (Å²) in [5.74, 6) is 0.477. The minimum atomic E-state index is 0.389. The lowest BCUT2D eigenvalue weighted by Crippen LogP contribution is -2.02. The predicted octanol–water partition coefficient (Wildman–Crippen LogP) is 5.71. The molecule has 0 saturated carbocycles. The number of benzene rings is 2. The van der Waals surface area contributed by atoms with E-state index in [0.717, 1.165) is 12.8 Å². The zero-order valence-corrected chi connectivity index (χ0v) is 13.3. The van der Waals surface area contributed by atoms with Gasteiger partial charge in [-0.05, 0) is 24.0 Å². The lowest BCUT2D eigenvalue weighted by atomic mass is 9.88. The number of rotatable bonds is 5. The Hall–Kier alpha value is -0.600. The van der Waals surface area contributed by atoms with Crippen LogP contribution in [-0.4, -0.2) is 3.74 Å². The molecule has 0 aromatic heterocycles. The second-order valence-corrected chi connectivity index (χ2v) is 7.78. The minimum Gasteiger partial charge on any atom is -0.0765 e. The minimum absolute atomic E-state index is 0.389. The summed E-state index contributed by atoms with van der Waals surface area (Å²) < 4.78 is 0.389. The fraction of sp³-hybridized carbons (Fsp3) is 0.250. The van der Waals surface area contributed by atoms with Crippen molar-refractivity contribution in [2.75, 3.05) is 0 Å². The molecule has 2 heteroatoms. The SMILES string of the molecule is BrC(Br)CCC(c1ccccc1)c1ccccc1. The van der Waals surface area contributed by atoms with Crippen LogP contribution in [0, 0.1) is 0 Å². The van der Waals surface area contributed by atoms with E-state index in [4.69, 9.17) is 0 Å². The van der Waals surface area contributed by atoms with Crippen LogP contribution in [0.2, 0.25) is 0 Å². The molecular formula is C16H16Br2. The molecule has 0 unspecified atom stereocenters. The van der Waals surface area contributed by atoms with Gasteiger partial charge in [-0.1, -0.05) is 92.5 Å². The zero-order chi connectivity index (χ0) is 12.8. The van der Waals surface area contributed by atoms with Gasteiger partial charge in [0.15, 0.2) is 0 Å². The molecule has 0 nitrogen and oxygen atoms in total. The molecule has 2 rings (SSSR count). The molecule has 0 radical (unpaired) electrons. The normalized spacial score (nSPS) is 11.1. The first-order valence-corrected chi connectivity index (χ1v) is 7.98. The van der Waals surface area contributed by atoms with E-state index >= 15 is 0 Å². The fourth-order valence-electron chi connectivity index (χ4n) is 2.19. The Bertz CT molecular complexity index is 412. The van der Waals surface area contributed by atoms with Gasteiger partial charge in [0, 0.05) is 5.92 Å². The maximum absolute atomic E-state index is 3.56. The van der Waals surface area contributed by atoms with E-state index < -0.39 is 0 Å². The second-order valence-electron chi connectivity index (χ2n) is 4.34. The molecular weight excluding hydrogens is 352 g/mol. The van der Waals surface area contributed by atoms with E-state index in [0.29, 0.717) is 9.65 Å². The summed E-state index contributed by atoms with van der Waals surface area (Å²) in [6.07, 6.45) is 2.24. The highest BCUT2D eigenvalue weighted by Crippen LogP contribution is 2.31. The Balaban J connectivity index is 2.24. The van der Waals surface area contributed by atoms with Crippen LogP contribution in [0.3, 0.4) is 0 Å². The van der Waals surface area contributed by atoms with Gasteiger partial charge in [0.2, 0.25) is 0 Å². The standard InChI is InChI=1S/C16H16Br2/c17-16(18)12-11-15(13-7-3-1-4-8-13)14-9-5-2-6-10-14/h1-10,15-16H,11-12H2. The Morgan fingerprint density at radius 1 is 0.667 bits per heavy atom. The first-order valence-electron chi connectivity index (χ1n) is 6.15. The summed E-state index contributed by atoms with van der Waals surface area (Å²) in [6.45, 7) is 0. The average Bonchev–Trinajstić information content (AvgIpc) is 2.41. The molecule has 0 bridgehead atoms. The van der Waals surface area contributed by atoms with E-state index in [1.54, 1.807) is 0 Å². The van der Waals surface area contributed by atoms with E-state index in [-0.39, 0.29) is 0 Å². The molecule has 0 saturated heterocycles. The Kier molecular flexibility index (Phi) is 5.45. The van der Waals surface area contributed by atoms with Gasteiger partial charge in [0.05, 0.1) is 3.74 Å². The molecule has 0 aliphatic heterocycles. The summed E-state index contributed by atoms with van der Waals surface area (Å²) in [5, 5.41) is 0. The van der Waals surface area contributed by atoms with Gasteiger partial charge in [0.25, 0.3) is 0 Å². The summed E-state index contributed by atoms with van der Waals surface area (Å²) >= 11 is 7.13. The van der Waals surface area contributed by atoms with Gasteiger partial charge in [-0.2, -0.15) is 0 Å². The van der Waals surface area contributed by atoms with Crippen molar-refractivity contribution >= 4 is 31.9 Å². The van der Waals surface area contributed by atoms with Crippen molar-refractivity contribution in [1.82, 2.24) is 0 Å². The number of alkyl halides is 2. The highest BCUT2D eigenvalue weighted by atomic mass is 79.9. The molecule has 94 valence electrons. The molecule has 0 aliphatic rings. The third kappa shape index (κ3) is 3.96. The van der Waals surface area contributed by atoms with Gasteiger partial charge in [0.1, 0.15) is 0 Å². The molecule has 18 heavy (non-hydrogen) atoms. The maximum atomic E-state index is 3.56. The predicted molar refractivity (Wildman–Crippen MR) is 85.6 cm³/mol. The quantitative estimate of drug-likeness (QED) is 0.593. The van der Waals surface area contributed by atoms with Gasteiger partial charge in [-0.25, -0.2) is 0 Å². The van der Waals surface area contributed by atoms with Gasteiger partial charge in [-0.15, -0.1) is 0 Å². The molecule has 0 spiro atoms.